The molecule has 0 aliphatic rings. The van der Waals surface area contributed by atoms with E-state index in [1.807, 2.05) is 18.2 Å². The molecule has 3 aromatic heterocycles. The molecule has 0 radical (unpaired) electrons. The van der Waals surface area contributed by atoms with Crippen LogP contribution in [0.1, 0.15) is 0 Å². The third-order valence-electron chi connectivity index (χ3n) is 8.96. The minimum absolute atomic E-state index is 0.558. The summed E-state index contributed by atoms with van der Waals surface area (Å²) < 4.78 is 8.08. The molecular weight excluding hydrogens is 587 g/mol. The van der Waals surface area contributed by atoms with Gasteiger partial charge in [0.15, 0.2) is 11.6 Å². The maximum Gasteiger partial charge on any atom is 0.196 e. The molecule has 0 saturated carbocycles. The lowest BCUT2D eigenvalue weighted by Crippen LogP contribution is -1.95. The normalized spacial score (nSPS) is 11.3. The highest BCUT2D eigenvalue weighted by Crippen LogP contribution is 2.36. The van der Waals surface area contributed by atoms with E-state index in [1.165, 1.54) is 27.4 Å². The molecule has 0 aliphatic carbocycles. The molecule has 6 aromatic carbocycles. The van der Waals surface area contributed by atoms with E-state index >= 15 is 0 Å². The molecular formula is C44H29N3O. The first-order valence-electron chi connectivity index (χ1n) is 16.1. The molecule has 0 fully saturated rings. The maximum absolute atomic E-state index is 5.73. The second-order valence-corrected chi connectivity index (χ2v) is 11.9. The summed E-state index contributed by atoms with van der Waals surface area (Å²) in [6.45, 7) is 0. The third-order valence-corrected chi connectivity index (χ3v) is 8.96. The van der Waals surface area contributed by atoms with Crippen LogP contribution in [-0.4, -0.2) is 14.5 Å². The van der Waals surface area contributed by atoms with Crippen LogP contribution in [0.25, 0.3) is 83.8 Å². The lowest BCUT2D eigenvalue weighted by atomic mass is 10.00. The lowest BCUT2D eigenvalue weighted by molar-refractivity contribution is 0.577. The topological polar surface area (TPSA) is 43.9 Å². The van der Waals surface area contributed by atoms with Gasteiger partial charge in [-0.15, -0.1) is 0 Å². The van der Waals surface area contributed by atoms with Crippen LogP contribution < -0.4 is 0 Å². The van der Waals surface area contributed by atoms with Crippen LogP contribution in [-0.2, 0) is 0 Å². The fourth-order valence-corrected chi connectivity index (χ4v) is 6.56. The maximum atomic E-state index is 5.73. The number of furan rings is 1. The highest BCUT2D eigenvalue weighted by Gasteiger charge is 2.15. The molecule has 9 rings (SSSR count). The average molecular weight is 616 g/mol. The molecule has 0 aliphatic heterocycles. The smallest absolute Gasteiger partial charge is 0.196 e. The molecule has 0 unspecified atom stereocenters. The minimum Gasteiger partial charge on any atom is -0.461 e. The van der Waals surface area contributed by atoms with Crippen molar-refractivity contribution in [2.45, 2.75) is 0 Å². The van der Waals surface area contributed by atoms with Crippen LogP contribution >= 0.6 is 0 Å². The number of para-hydroxylation sites is 2. The molecule has 0 bridgehead atoms. The van der Waals surface area contributed by atoms with Crippen molar-refractivity contribution < 1.29 is 4.42 Å². The van der Waals surface area contributed by atoms with Gasteiger partial charge in [0.05, 0.1) is 28.7 Å². The number of hydrogen-bond acceptors (Lipinski definition) is 3. The van der Waals surface area contributed by atoms with Gasteiger partial charge < -0.3 is 8.98 Å². The first-order chi connectivity index (χ1) is 23.8. The van der Waals surface area contributed by atoms with Gasteiger partial charge in [0.1, 0.15) is 0 Å². The lowest BCUT2D eigenvalue weighted by Gasteiger charge is -2.10. The summed E-state index contributed by atoms with van der Waals surface area (Å²) in [5.74, 6) is 1.20. The molecule has 4 nitrogen and oxygen atoms in total. The molecule has 0 atom stereocenters. The highest BCUT2D eigenvalue weighted by molar-refractivity contribution is 6.10. The SMILES string of the molecule is c1ccc(-c2ccc(-c3cc(-c4ccc(-c5ccc6c7ccccc7n(-c7ccccc7)c6c5)cc4)nc(-c4ccco4)n3)cc2)cc1. The number of benzene rings is 6. The molecule has 4 heteroatoms. The number of hydrogen-bond donors (Lipinski definition) is 0. The van der Waals surface area contributed by atoms with Crippen LogP contribution in [0, 0.1) is 0 Å². The summed E-state index contributed by atoms with van der Waals surface area (Å²) in [5.41, 5.74) is 11.9. The number of nitrogens with zero attached hydrogens (tertiary/aromatic N) is 3. The van der Waals surface area contributed by atoms with E-state index in [9.17, 15) is 0 Å². The van der Waals surface area contributed by atoms with E-state index in [0.717, 1.165) is 44.9 Å². The van der Waals surface area contributed by atoms with Crippen LogP contribution in [0.5, 0.6) is 0 Å². The molecule has 0 amide bonds. The zero-order valence-corrected chi connectivity index (χ0v) is 26.0. The Morgan fingerprint density at radius 3 is 1.60 bits per heavy atom. The Labute approximate surface area is 278 Å². The quantitative estimate of drug-likeness (QED) is 0.187. The van der Waals surface area contributed by atoms with Gasteiger partial charge in [-0.05, 0) is 64.7 Å². The summed E-state index contributed by atoms with van der Waals surface area (Å²) in [6, 6.07) is 59.3. The van der Waals surface area contributed by atoms with Gasteiger partial charge in [-0.2, -0.15) is 0 Å². The van der Waals surface area contributed by atoms with Gasteiger partial charge in [0.2, 0.25) is 0 Å². The van der Waals surface area contributed by atoms with Crippen LogP contribution in [0.15, 0.2) is 181 Å². The van der Waals surface area contributed by atoms with Gasteiger partial charge in [-0.25, -0.2) is 9.97 Å². The van der Waals surface area contributed by atoms with E-state index in [2.05, 4.69) is 156 Å². The Kier molecular flexibility index (Phi) is 6.76. The number of aromatic nitrogens is 3. The summed E-state index contributed by atoms with van der Waals surface area (Å²) in [4.78, 5) is 9.85. The first kappa shape index (κ1) is 27.8. The molecule has 0 spiro atoms. The Morgan fingerprint density at radius 1 is 0.396 bits per heavy atom. The monoisotopic (exact) mass is 615 g/mol. The third kappa shape index (κ3) is 4.97. The first-order valence-corrected chi connectivity index (χ1v) is 16.1. The molecule has 0 N–H and O–H groups in total. The van der Waals surface area contributed by atoms with E-state index < -0.39 is 0 Å². The summed E-state index contributed by atoms with van der Waals surface area (Å²) in [7, 11) is 0. The van der Waals surface area contributed by atoms with Crippen LogP contribution in [0.3, 0.4) is 0 Å². The average Bonchev–Trinajstić information content (AvgIpc) is 3.83. The fourth-order valence-electron chi connectivity index (χ4n) is 6.56. The van der Waals surface area contributed by atoms with Crippen LogP contribution in [0.4, 0.5) is 0 Å². The second-order valence-electron chi connectivity index (χ2n) is 11.9. The molecule has 0 saturated heterocycles. The Morgan fingerprint density at radius 2 is 0.938 bits per heavy atom. The van der Waals surface area contributed by atoms with Crippen molar-refractivity contribution >= 4 is 21.8 Å². The van der Waals surface area contributed by atoms with E-state index in [0.29, 0.717) is 11.6 Å². The summed E-state index contributed by atoms with van der Waals surface area (Å²) in [5, 5.41) is 2.49. The standard InChI is InChI=1S/C44H29N3O/c1-3-10-30(11-4-1)31-17-21-33(22-18-31)39-29-40(46-44(45-39)43-16-9-27-48-43)34-23-19-32(20-24-34)35-25-26-38-37-14-7-8-15-41(37)47(42(38)28-35)36-12-5-2-6-13-36/h1-29H. The summed E-state index contributed by atoms with van der Waals surface area (Å²) in [6.07, 6.45) is 1.66. The predicted molar refractivity (Wildman–Crippen MR) is 196 cm³/mol. The van der Waals surface area contributed by atoms with Gasteiger partial charge in [0, 0.05) is 27.6 Å². The fraction of sp³-hybridized carbons (Fsp3) is 0. The van der Waals surface area contributed by atoms with Crippen molar-refractivity contribution in [1.29, 1.82) is 0 Å². The second kappa shape index (κ2) is 11.7. The summed E-state index contributed by atoms with van der Waals surface area (Å²) >= 11 is 0. The van der Waals surface area contributed by atoms with Gasteiger partial charge in [-0.3, -0.25) is 0 Å². The zero-order chi connectivity index (χ0) is 31.9. The van der Waals surface area contributed by atoms with Crippen molar-refractivity contribution in [1.82, 2.24) is 14.5 Å². The largest absolute Gasteiger partial charge is 0.461 e. The molecule has 9 aromatic rings. The van der Waals surface area contributed by atoms with Gasteiger partial charge in [0.25, 0.3) is 0 Å². The highest BCUT2D eigenvalue weighted by atomic mass is 16.3. The Hall–Kier alpha value is -6.52. The van der Waals surface area contributed by atoms with E-state index in [1.54, 1.807) is 6.26 Å². The molecule has 3 heterocycles. The van der Waals surface area contributed by atoms with E-state index in [4.69, 9.17) is 14.4 Å². The van der Waals surface area contributed by atoms with Crippen molar-refractivity contribution in [2.24, 2.45) is 0 Å². The number of fused-ring (bicyclic) bond motifs is 3. The van der Waals surface area contributed by atoms with Crippen LogP contribution in [0.2, 0.25) is 0 Å². The van der Waals surface area contributed by atoms with Gasteiger partial charge >= 0.3 is 0 Å². The Balaban J connectivity index is 1.10. The van der Waals surface area contributed by atoms with Crippen molar-refractivity contribution in [3.8, 4) is 62.0 Å². The van der Waals surface area contributed by atoms with E-state index in [-0.39, 0.29) is 0 Å². The number of rotatable bonds is 6. The Bertz CT molecular complexity index is 2520. The van der Waals surface area contributed by atoms with Crippen molar-refractivity contribution in [2.75, 3.05) is 0 Å². The zero-order valence-electron chi connectivity index (χ0n) is 26.0. The predicted octanol–water partition coefficient (Wildman–Crippen LogP) is 11.5. The van der Waals surface area contributed by atoms with Crippen molar-refractivity contribution in [3.05, 3.63) is 176 Å². The minimum atomic E-state index is 0.558. The molecule has 226 valence electrons. The molecule has 48 heavy (non-hydrogen) atoms. The van der Waals surface area contributed by atoms with Gasteiger partial charge in [-0.1, -0.05) is 127 Å². The van der Waals surface area contributed by atoms with Crippen molar-refractivity contribution in [3.63, 3.8) is 0 Å².